The summed E-state index contributed by atoms with van der Waals surface area (Å²) in [5.74, 6) is 1.03. The molecule has 1 amide bonds. The van der Waals surface area contributed by atoms with Crippen molar-refractivity contribution in [2.75, 3.05) is 19.8 Å². The van der Waals surface area contributed by atoms with Crippen LogP contribution >= 0.6 is 22.9 Å². The van der Waals surface area contributed by atoms with E-state index in [4.69, 9.17) is 25.8 Å². The summed E-state index contributed by atoms with van der Waals surface area (Å²) in [6, 6.07) is 7.51. The van der Waals surface area contributed by atoms with Gasteiger partial charge in [0, 0.05) is 4.88 Å². The van der Waals surface area contributed by atoms with Gasteiger partial charge in [0.05, 0.1) is 18.2 Å². The van der Waals surface area contributed by atoms with Gasteiger partial charge in [-0.25, -0.2) is 0 Å². The smallest absolute Gasteiger partial charge is 0.246 e. The van der Waals surface area contributed by atoms with E-state index in [1.165, 1.54) is 0 Å². The van der Waals surface area contributed by atoms with E-state index >= 15 is 0 Å². The molecule has 0 unspecified atom stereocenters. The number of amides is 1. The highest BCUT2D eigenvalue weighted by Gasteiger charge is 2.16. The minimum Gasteiger partial charge on any atom is -0.486 e. The van der Waals surface area contributed by atoms with Gasteiger partial charge in [0.25, 0.3) is 0 Å². The average Bonchev–Trinajstić information content (AvgIpc) is 3.06. The third kappa shape index (κ3) is 4.85. The molecule has 0 saturated heterocycles. The standard InChI is InChI=1S/C16H16ClNO4S.H2O/c17-13-6-11(7-14-16(13)22-4-3-21-14)9-20-10-15(19)18-8-12-2-1-5-23-12;/h1-2,5-7H,3-4,8-10H2,(H,18,19);1H2. The quantitative estimate of drug-likeness (QED) is 0.842. The van der Waals surface area contributed by atoms with Gasteiger partial charge in [0.15, 0.2) is 11.5 Å². The summed E-state index contributed by atoms with van der Waals surface area (Å²) in [4.78, 5) is 12.8. The van der Waals surface area contributed by atoms with E-state index in [2.05, 4.69) is 5.32 Å². The van der Waals surface area contributed by atoms with Crippen molar-refractivity contribution < 1.29 is 24.5 Å². The van der Waals surface area contributed by atoms with Crippen LogP contribution in [0, 0.1) is 0 Å². The van der Waals surface area contributed by atoms with Crippen LogP contribution in [0.25, 0.3) is 0 Å². The van der Waals surface area contributed by atoms with E-state index in [-0.39, 0.29) is 24.6 Å². The first-order valence-electron chi connectivity index (χ1n) is 7.17. The van der Waals surface area contributed by atoms with Crippen LogP contribution in [-0.4, -0.2) is 31.2 Å². The van der Waals surface area contributed by atoms with Crippen LogP contribution in [0.5, 0.6) is 11.5 Å². The van der Waals surface area contributed by atoms with Gasteiger partial charge < -0.3 is 25.0 Å². The Hall–Kier alpha value is -1.80. The van der Waals surface area contributed by atoms with E-state index in [1.807, 2.05) is 23.6 Å². The highest BCUT2D eigenvalue weighted by atomic mass is 35.5. The van der Waals surface area contributed by atoms with Crippen molar-refractivity contribution in [3.05, 3.63) is 45.1 Å². The van der Waals surface area contributed by atoms with Crippen molar-refractivity contribution in [1.29, 1.82) is 0 Å². The number of carbonyl (C=O) groups is 1. The van der Waals surface area contributed by atoms with E-state index in [0.29, 0.717) is 36.3 Å². The van der Waals surface area contributed by atoms with E-state index in [9.17, 15) is 4.79 Å². The van der Waals surface area contributed by atoms with Gasteiger partial charge in [-0.1, -0.05) is 17.7 Å². The fourth-order valence-electron chi connectivity index (χ4n) is 2.16. The van der Waals surface area contributed by atoms with Crippen LogP contribution in [0.3, 0.4) is 0 Å². The molecule has 8 heteroatoms. The molecule has 24 heavy (non-hydrogen) atoms. The number of benzene rings is 1. The number of ether oxygens (including phenoxy) is 3. The van der Waals surface area contributed by atoms with Crippen molar-refractivity contribution in [1.82, 2.24) is 5.32 Å². The largest absolute Gasteiger partial charge is 0.486 e. The Morgan fingerprint density at radius 2 is 2.17 bits per heavy atom. The molecule has 0 radical (unpaired) electrons. The van der Waals surface area contributed by atoms with E-state index in [0.717, 1.165) is 10.4 Å². The third-order valence-electron chi connectivity index (χ3n) is 3.20. The number of rotatable bonds is 6. The molecule has 3 rings (SSSR count). The first-order valence-corrected chi connectivity index (χ1v) is 8.43. The van der Waals surface area contributed by atoms with Crippen LogP contribution in [0.15, 0.2) is 29.6 Å². The summed E-state index contributed by atoms with van der Waals surface area (Å²) in [6.45, 7) is 1.79. The van der Waals surface area contributed by atoms with Crippen molar-refractivity contribution in [2.24, 2.45) is 0 Å². The molecule has 0 atom stereocenters. The molecule has 1 aliphatic heterocycles. The molecule has 130 valence electrons. The summed E-state index contributed by atoms with van der Waals surface area (Å²) in [7, 11) is 0. The zero-order valence-electron chi connectivity index (χ0n) is 12.8. The second-order valence-electron chi connectivity index (χ2n) is 4.95. The summed E-state index contributed by atoms with van der Waals surface area (Å²) in [6.07, 6.45) is 0. The van der Waals surface area contributed by atoms with Gasteiger partial charge in [0.2, 0.25) is 5.91 Å². The Labute approximate surface area is 148 Å². The van der Waals surface area contributed by atoms with Crippen LogP contribution < -0.4 is 14.8 Å². The number of hydrogen-bond donors (Lipinski definition) is 1. The number of carbonyl (C=O) groups excluding carboxylic acids is 1. The maximum atomic E-state index is 11.7. The molecular formula is C16H18ClNO5S. The Bertz CT molecular complexity index is 677. The number of nitrogens with one attached hydrogen (secondary N) is 1. The molecule has 0 spiro atoms. The lowest BCUT2D eigenvalue weighted by Crippen LogP contribution is -2.26. The highest BCUT2D eigenvalue weighted by molar-refractivity contribution is 7.09. The summed E-state index contributed by atoms with van der Waals surface area (Å²) in [5.41, 5.74) is 0.838. The molecule has 1 aromatic carbocycles. The van der Waals surface area contributed by atoms with Crippen molar-refractivity contribution >= 4 is 28.8 Å². The molecule has 0 fully saturated rings. The van der Waals surface area contributed by atoms with Gasteiger partial charge >= 0.3 is 0 Å². The topological polar surface area (TPSA) is 88.3 Å². The lowest BCUT2D eigenvalue weighted by molar-refractivity contribution is -0.126. The Morgan fingerprint density at radius 3 is 2.96 bits per heavy atom. The molecule has 1 aliphatic rings. The van der Waals surface area contributed by atoms with Crippen LogP contribution in [0.4, 0.5) is 0 Å². The van der Waals surface area contributed by atoms with Gasteiger partial charge in [-0.15, -0.1) is 11.3 Å². The predicted molar refractivity (Wildman–Crippen MR) is 91.9 cm³/mol. The summed E-state index contributed by atoms with van der Waals surface area (Å²) >= 11 is 7.76. The monoisotopic (exact) mass is 371 g/mol. The van der Waals surface area contributed by atoms with Crippen LogP contribution in [0.2, 0.25) is 5.02 Å². The number of fused-ring (bicyclic) bond motifs is 1. The maximum Gasteiger partial charge on any atom is 0.246 e. The van der Waals surface area contributed by atoms with Crippen molar-refractivity contribution in [3.63, 3.8) is 0 Å². The first kappa shape index (κ1) is 18.5. The summed E-state index contributed by atoms with van der Waals surface area (Å²) < 4.78 is 16.4. The molecule has 2 aromatic rings. The fourth-order valence-corrected chi connectivity index (χ4v) is 3.09. The lowest BCUT2D eigenvalue weighted by atomic mass is 10.2. The molecule has 6 nitrogen and oxygen atoms in total. The highest BCUT2D eigenvalue weighted by Crippen LogP contribution is 2.38. The van der Waals surface area contributed by atoms with Gasteiger partial charge in [-0.05, 0) is 29.1 Å². The minimum atomic E-state index is -0.151. The molecule has 2 heterocycles. The molecule has 0 bridgehead atoms. The zero-order valence-corrected chi connectivity index (χ0v) is 14.4. The number of halogens is 1. The molecule has 1 aromatic heterocycles. The van der Waals surface area contributed by atoms with E-state index in [1.54, 1.807) is 17.4 Å². The zero-order chi connectivity index (χ0) is 16.1. The number of thiophene rings is 1. The molecule has 0 saturated carbocycles. The van der Waals surface area contributed by atoms with E-state index < -0.39 is 0 Å². The van der Waals surface area contributed by atoms with Crippen molar-refractivity contribution in [3.8, 4) is 11.5 Å². The second kappa shape index (κ2) is 8.89. The second-order valence-corrected chi connectivity index (χ2v) is 6.39. The third-order valence-corrected chi connectivity index (χ3v) is 4.36. The molecule has 3 N–H and O–H groups in total. The normalized spacial score (nSPS) is 12.4. The minimum absolute atomic E-state index is 0. The molecular weight excluding hydrogens is 354 g/mol. The Balaban J connectivity index is 0.00000208. The van der Waals surface area contributed by atoms with Crippen LogP contribution in [-0.2, 0) is 22.7 Å². The average molecular weight is 372 g/mol. The van der Waals surface area contributed by atoms with Crippen molar-refractivity contribution in [2.45, 2.75) is 13.2 Å². The maximum absolute atomic E-state index is 11.7. The van der Waals surface area contributed by atoms with Gasteiger partial charge in [-0.2, -0.15) is 0 Å². The van der Waals surface area contributed by atoms with Crippen LogP contribution in [0.1, 0.15) is 10.4 Å². The van der Waals surface area contributed by atoms with Gasteiger partial charge in [-0.3, -0.25) is 4.79 Å². The SMILES string of the molecule is O.O=C(COCc1cc(Cl)c2c(c1)OCCO2)NCc1cccs1. The lowest BCUT2D eigenvalue weighted by Gasteiger charge is -2.20. The Kier molecular flexibility index (Phi) is 6.86. The fraction of sp³-hybridized carbons (Fsp3) is 0.312. The molecule has 0 aliphatic carbocycles. The van der Waals surface area contributed by atoms with Gasteiger partial charge in [0.1, 0.15) is 19.8 Å². The summed E-state index contributed by atoms with van der Waals surface area (Å²) in [5, 5.41) is 5.27. The number of hydrogen-bond acceptors (Lipinski definition) is 5. The first-order chi connectivity index (χ1) is 11.2. The Morgan fingerprint density at radius 1 is 1.33 bits per heavy atom. The predicted octanol–water partition coefficient (Wildman–Crippen LogP) is 2.18.